The van der Waals surface area contributed by atoms with Crippen LogP contribution in [0.1, 0.15) is 19.5 Å². The number of rotatable bonds is 6. The predicted octanol–water partition coefficient (Wildman–Crippen LogP) is 5.14. The third kappa shape index (κ3) is 4.94. The quantitative estimate of drug-likeness (QED) is 0.653. The summed E-state index contributed by atoms with van der Waals surface area (Å²) in [6, 6.07) is 19.7. The molecule has 5 heteroatoms. The Morgan fingerprint density at radius 3 is 2.24 bits per heavy atom. The zero-order valence-electron chi connectivity index (χ0n) is 14.7. The fraction of sp³-hybridized carbons (Fsp3) is 0.200. The van der Waals surface area contributed by atoms with E-state index in [1.807, 2.05) is 67.6 Å². The van der Waals surface area contributed by atoms with Crippen molar-refractivity contribution in [1.29, 1.82) is 0 Å². The summed E-state index contributed by atoms with van der Waals surface area (Å²) in [5.74, 6) is 2.99. The number of aryl methyl sites for hydroxylation is 1. The Bertz CT molecular complexity index is 817. The summed E-state index contributed by atoms with van der Waals surface area (Å²) in [4.78, 5) is 8.89. The van der Waals surface area contributed by atoms with E-state index in [0.29, 0.717) is 5.95 Å². The summed E-state index contributed by atoms with van der Waals surface area (Å²) < 4.78 is 5.80. The van der Waals surface area contributed by atoms with Crippen molar-refractivity contribution < 1.29 is 4.74 Å². The van der Waals surface area contributed by atoms with E-state index in [-0.39, 0.29) is 6.04 Å². The highest BCUT2D eigenvalue weighted by Crippen LogP contribution is 2.24. The molecule has 0 bridgehead atoms. The van der Waals surface area contributed by atoms with Crippen LogP contribution in [-0.2, 0) is 0 Å². The van der Waals surface area contributed by atoms with E-state index in [1.54, 1.807) is 0 Å². The maximum atomic E-state index is 5.80. The van der Waals surface area contributed by atoms with Gasteiger partial charge in [0.1, 0.15) is 17.3 Å². The summed E-state index contributed by atoms with van der Waals surface area (Å²) in [5.41, 5.74) is 1.85. The van der Waals surface area contributed by atoms with Crippen LogP contribution in [0.15, 0.2) is 60.7 Å². The molecular formula is C20H22N4O. The number of nitrogens with one attached hydrogen (secondary N) is 2. The van der Waals surface area contributed by atoms with Gasteiger partial charge in [-0.2, -0.15) is 4.98 Å². The average Bonchev–Trinajstić information content (AvgIpc) is 2.56. The summed E-state index contributed by atoms with van der Waals surface area (Å²) in [7, 11) is 0. The number of aromatic nitrogens is 2. The Labute approximate surface area is 148 Å². The van der Waals surface area contributed by atoms with Crippen molar-refractivity contribution in [2.45, 2.75) is 26.8 Å². The second-order valence-electron chi connectivity index (χ2n) is 6.08. The minimum atomic E-state index is 0.282. The molecule has 2 N–H and O–H groups in total. The third-order valence-electron chi connectivity index (χ3n) is 3.38. The first-order chi connectivity index (χ1) is 12.1. The van der Waals surface area contributed by atoms with Crippen LogP contribution in [0.3, 0.4) is 0 Å². The zero-order valence-corrected chi connectivity index (χ0v) is 14.7. The highest BCUT2D eigenvalue weighted by atomic mass is 16.5. The SMILES string of the molecule is Cc1cc(Nc2ccc(Oc3ccccc3)cc2)nc(NC(C)C)n1. The number of benzene rings is 2. The van der Waals surface area contributed by atoms with Crippen LogP contribution < -0.4 is 15.4 Å². The van der Waals surface area contributed by atoms with Gasteiger partial charge in [0.15, 0.2) is 0 Å². The average molecular weight is 334 g/mol. The Morgan fingerprint density at radius 1 is 0.880 bits per heavy atom. The van der Waals surface area contributed by atoms with Crippen molar-refractivity contribution in [2.75, 3.05) is 10.6 Å². The maximum Gasteiger partial charge on any atom is 0.225 e. The Morgan fingerprint density at radius 2 is 1.56 bits per heavy atom. The number of hydrogen-bond donors (Lipinski definition) is 2. The molecule has 1 aromatic heterocycles. The largest absolute Gasteiger partial charge is 0.457 e. The van der Waals surface area contributed by atoms with E-state index in [2.05, 4.69) is 34.4 Å². The molecule has 0 saturated heterocycles. The van der Waals surface area contributed by atoms with Crippen LogP contribution >= 0.6 is 0 Å². The fourth-order valence-electron chi connectivity index (χ4n) is 2.33. The minimum Gasteiger partial charge on any atom is -0.457 e. The molecule has 5 nitrogen and oxygen atoms in total. The molecule has 0 aliphatic rings. The number of hydrogen-bond acceptors (Lipinski definition) is 5. The van der Waals surface area contributed by atoms with Crippen LogP contribution in [0.2, 0.25) is 0 Å². The predicted molar refractivity (Wildman–Crippen MR) is 102 cm³/mol. The Balaban J connectivity index is 1.70. The molecular weight excluding hydrogens is 312 g/mol. The lowest BCUT2D eigenvalue weighted by atomic mass is 10.3. The van der Waals surface area contributed by atoms with Crippen LogP contribution in [0.25, 0.3) is 0 Å². The van der Waals surface area contributed by atoms with Crippen molar-refractivity contribution in [3.63, 3.8) is 0 Å². The molecule has 0 aliphatic heterocycles. The first kappa shape index (κ1) is 16.8. The van der Waals surface area contributed by atoms with Crippen LogP contribution in [0, 0.1) is 6.92 Å². The van der Waals surface area contributed by atoms with Crippen LogP contribution in [-0.4, -0.2) is 16.0 Å². The van der Waals surface area contributed by atoms with Gasteiger partial charge in [-0.3, -0.25) is 0 Å². The smallest absolute Gasteiger partial charge is 0.225 e. The van der Waals surface area contributed by atoms with Crippen LogP contribution in [0.5, 0.6) is 11.5 Å². The van der Waals surface area contributed by atoms with Crippen molar-refractivity contribution in [3.05, 3.63) is 66.4 Å². The lowest BCUT2D eigenvalue weighted by Gasteiger charge is -2.12. The number of nitrogens with zero attached hydrogens (tertiary/aromatic N) is 2. The van der Waals surface area contributed by atoms with Gasteiger partial charge in [0.05, 0.1) is 0 Å². The Hall–Kier alpha value is -3.08. The van der Waals surface area contributed by atoms with E-state index >= 15 is 0 Å². The number of ether oxygens (including phenoxy) is 1. The molecule has 0 radical (unpaired) electrons. The summed E-state index contributed by atoms with van der Waals surface area (Å²) in [5, 5.41) is 6.53. The first-order valence-electron chi connectivity index (χ1n) is 8.31. The summed E-state index contributed by atoms with van der Waals surface area (Å²) in [6.45, 7) is 6.07. The van der Waals surface area contributed by atoms with Crippen molar-refractivity contribution in [2.24, 2.45) is 0 Å². The molecule has 0 aliphatic carbocycles. The third-order valence-corrected chi connectivity index (χ3v) is 3.38. The van der Waals surface area contributed by atoms with E-state index in [4.69, 9.17) is 4.74 Å². The number of para-hydroxylation sites is 1. The molecule has 0 saturated carbocycles. The van der Waals surface area contributed by atoms with E-state index < -0.39 is 0 Å². The van der Waals surface area contributed by atoms with Gasteiger partial charge in [0, 0.05) is 23.5 Å². The standard InChI is InChI=1S/C20H22N4O/c1-14(2)21-20-22-15(3)13-19(24-20)23-16-9-11-18(12-10-16)25-17-7-5-4-6-8-17/h4-14H,1-3H3,(H2,21,22,23,24). The van der Waals surface area contributed by atoms with Gasteiger partial charge in [-0.25, -0.2) is 4.98 Å². The highest BCUT2D eigenvalue weighted by molar-refractivity contribution is 5.58. The molecule has 128 valence electrons. The molecule has 0 fully saturated rings. The second kappa shape index (κ2) is 7.66. The normalized spacial score (nSPS) is 10.6. The lowest BCUT2D eigenvalue weighted by molar-refractivity contribution is 0.483. The summed E-state index contributed by atoms with van der Waals surface area (Å²) in [6.07, 6.45) is 0. The van der Waals surface area contributed by atoms with Crippen LogP contribution in [0.4, 0.5) is 17.5 Å². The van der Waals surface area contributed by atoms with Gasteiger partial charge in [-0.05, 0) is 57.2 Å². The monoisotopic (exact) mass is 334 g/mol. The van der Waals surface area contributed by atoms with Gasteiger partial charge in [-0.15, -0.1) is 0 Å². The van der Waals surface area contributed by atoms with Crippen molar-refractivity contribution in [3.8, 4) is 11.5 Å². The van der Waals surface area contributed by atoms with Gasteiger partial charge in [0.25, 0.3) is 0 Å². The van der Waals surface area contributed by atoms with E-state index in [9.17, 15) is 0 Å². The molecule has 0 spiro atoms. The zero-order chi connectivity index (χ0) is 17.6. The second-order valence-corrected chi connectivity index (χ2v) is 6.08. The minimum absolute atomic E-state index is 0.282. The molecule has 2 aromatic carbocycles. The van der Waals surface area contributed by atoms with Crippen molar-refractivity contribution in [1.82, 2.24) is 9.97 Å². The Kier molecular flexibility index (Phi) is 5.14. The molecule has 3 rings (SSSR count). The lowest BCUT2D eigenvalue weighted by Crippen LogP contribution is -2.13. The summed E-state index contributed by atoms with van der Waals surface area (Å²) >= 11 is 0. The van der Waals surface area contributed by atoms with Crippen molar-refractivity contribution >= 4 is 17.5 Å². The molecule has 1 heterocycles. The topological polar surface area (TPSA) is 59.1 Å². The van der Waals surface area contributed by atoms with Gasteiger partial charge < -0.3 is 15.4 Å². The van der Waals surface area contributed by atoms with E-state index in [1.165, 1.54) is 0 Å². The van der Waals surface area contributed by atoms with Gasteiger partial charge in [0.2, 0.25) is 5.95 Å². The van der Waals surface area contributed by atoms with E-state index in [0.717, 1.165) is 28.7 Å². The van der Waals surface area contributed by atoms with Gasteiger partial charge in [-0.1, -0.05) is 18.2 Å². The maximum absolute atomic E-state index is 5.80. The number of anilines is 3. The molecule has 0 unspecified atom stereocenters. The fourth-order valence-corrected chi connectivity index (χ4v) is 2.33. The molecule has 0 amide bonds. The molecule has 3 aromatic rings. The first-order valence-corrected chi connectivity index (χ1v) is 8.31. The molecule has 25 heavy (non-hydrogen) atoms. The highest BCUT2D eigenvalue weighted by Gasteiger charge is 2.04. The van der Waals surface area contributed by atoms with Gasteiger partial charge >= 0.3 is 0 Å². The molecule has 0 atom stereocenters.